The van der Waals surface area contributed by atoms with Crippen molar-refractivity contribution in [3.8, 4) is 10.8 Å². The Labute approximate surface area is 144 Å². The third kappa shape index (κ3) is 2.91. The molecule has 2 atom stereocenters. The van der Waals surface area contributed by atoms with E-state index in [1.54, 1.807) is 11.3 Å². The van der Waals surface area contributed by atoms with E-state index < -0.39 is 0 Å². The number of thiophene rings is 1. The van der Waals surface area contributed by atoms with Gasteiger partial charge in [0.15, 0.2) is 0 Å². The Hall–Kier alpha value is -1.93. The molecule has 24 heavy (non-hydrogen) atoms. The molecule has 2 aromatic heterocycles. The summed E-state index contributed by atoms with van der Waals surface area (Å²) in [6.45, 7) is 5.49. The number of piperidine rings is 1. The molecule has 0 unspecified atom stereocenters. The van der Waals surface area contributed by atoms with E-state index >= 15 is 0 Å². The van der Waals surface area contributed by atoms with E-state index in [9.17, 15) is 4.79 Å². The van der Waals surface area contributed by atoms with Gasteiger partial charge >= 0.3 is 6.03 Å². The summed E-state index contributed by atoms with van der Waals surface area (Å²) in [7, 11) is 0. The first-order valence-corrected chi connectivity index (χ1v) is 9.26. The maximum atomic E-state index is 11.9. The topological polar surface area (TPSA) is 74.5 Å². The van der Waals surface area contributed by atoms with Crippen molar-refractivity contribution in [2.24, 2.45) is 0 Å². The predicted molar refractivity (Wildman–Crippen MR) is 90.7 cm³/mol. The van der Waals surface area contributed by atoms with Crippen LogP contribution >= 0.6 is 11.3 Å². The largest absolute Gasteiger partial charge is 0.418 e. The second-order valence-corrected chi connectivity index (χ2v) is 7.26. The maximum Gasteiger partial charge on any atom is 0.317 e. The van der Waals surface area contributed by atoms with Crippen LogP contribution in [0.4, 0.5) is 4.79 Å². The van der Waals surface area contributed by atoms with Crippen molar-refractivity contribution in [3.05, 3.63) is 23.4 Å². The molecule has 0 bridgehead atoms. The number of amides is 2. The van der Waals surface area contributed by atoms with Crippen LogP contribution < -0.4 is 5.32 Å². The van der Waals surface area contributed by atoms with E-state index in [-0.39, 0.29) is 18.1 Å². The average Bonchev–Trinajstić information content (AvgIpc) is 3.35. The second-order valence-electron chi connectivity index (χ2n) is 6.32. The van der Waals surface area contributed by atoms with Crippen LogP contribution in [0.3, 0.4) is 0 Å². The molecule has 2 aliphatic rings. The fourth-order valence-corrected chi connectivity index (χ4v) is 4.13. The summed E-state index contributed by atoms with van der Waals surface area (Å²) in [5.74, 6) is 1.23. The summed E-state index contributed by atoms with van der Waals surface area (Å²) >= 11 is 1.59. The molecule has 2 saturated heterocycles. The summed E-state index contributed by atoms with van der Waals surface area (Å²) in [6, 6.07) is 4.34. The highest BCUT2D eigenvalue weighted by Crippen LogP contribution is 2.29. The van der Waals surface area contributed by atoms with E-state index in [4.69, 9.17) is 4.42 Å². The molecule has 7 nitrogen and oxygen atoms in total. The quantitative estimate of drug-likeness (QED) is 0.919. The number of likely N-dealkylation sites (tertiary alicyclic amines) is 1. The molecule has 128 valence electrons. The van der Waals surface area contributed by atoms with Gasteiger partial charge in [-0.2, -0.15) is 0 Å². The second kappa shape index (κ2) is 6.52. The zero-order valence-electron chi connectivity index (χ0n) is 13.6. The van der Waals surface area contributed by atoms with E-state index in [1.165, 1.54) is 0 Å². The molecule has 2 amide bonds. The van der Waals surface area contributed by atoms with Crippen molar-refractivity contribution in [1.82, 2.24) is 25.3 Å². The lowest BCUT2D eigenvalue weighted by Gasteiger charge is -2.38. The Bertz CT molecular complexity index is 701. The monoisotopic (exact) mass is 347 g/mol. The van der Waals surface area contributed by atoms with Crippen molar-refractivity contribution in [2.75, 3.05) is 26.2 Å². The van der Waals surface area contributed by atoms with Crippen LogP contribution in [-0.4, -0.2) is 58.2 Å². The van der Waals surface area contributed by atoms with Gasteiger partial charge < -0.3 is 14.6 Å². The first-order valence-electron chi connectivity index (χ1n) is 8.38. The van der Waals surface area contributed by atoms with Gasteiger partial charge in [-0.25, -0.2) is 4.79 Å². The number of hydrogen-bond donors (Lipinski definition) is 1. The highest BCUT2D eigenvalue weighted by atomic mass is 32.1. The Morgan fingerprint density at radius 3 is 3.08 bits per heavy atom. The predicted octanol–water partition coefficient (Wildman–Crippen LogP) is 2.35. The highest BCUT2D eigenvalue weighted by molar-refractivity contribution is 7.13. The van der Waals surface area contributed by atoms with Gasteiger partial charge in [-0.05, 0) is 37.8 Å². The van der Waals surface area contributed by atoms with Crippen LogP contribution in [0.2, 0.25) is 0 Å². The first-order chi connectivity index (χ1) is 11.7. The van der Waals surface area contributed by atoms with Gasteiger partial charge in [0.2, 0.25) is 5.89 Å². The van der Waals surface area contributed by atoms with Crippen molar-refractivity contribution in [3.63, 3.8) is 0 Å². The molecule has 2 fully saturated rings. The Balaban J connectivity index is 1.46. The SMILES string of the molecule is C[C@H](c1nnc(-c2cccs2)o1)N1CCC[C@@H](N2CCNC2=O)C1. The molecule has 0 aliphatic carbocycles. The maximum absolute atomic E-state index is 11.9. The van der Waals surface area contributed by atoms with Crippen LogP contribution in [-0.2, 0) is 0 Å². The first kappa shape index (κ1) is 15.6. The fraction of sp³-hybridized carbons (Fsp3) is 0.562. The molecule has 1 N–H and O–H groups in total. The molecule has 0 radical (unpaired) electrons. The van der Waals surface area contributed by atoms with Crippen LogP contribution in [0, 0.1) is 0 Å². The molecule has 0 spiro atoms. The number of urea groups is 1. The van der Waals surface area contributed by atoms with E-state index in [1.807, 2.05) is 22.4 Å². The molecule has 4 rings (SSSR count). The number of carbonyl (C=O) groups excluding carboxylic acids is 1. The van der Waals surface area contributed by atoms with Gasteiger partial charge in [0.25, 0.3) is 5.89 Å². The Kier molecular flexibility index (Phi) is 4.24. The van der Waals surface area contributed by atoms with E-state index in [0.29, 0.717) is 11.8 Å². The minimum atomic E-state index is 0.0553. The van der Waals surface area contributed by atoms with Crippen molar-refractivity contribution >= 4 is 17.4 Å². The minimum absolute atomic E-state index is 0.0553. The lowest BCUT2D eigenvalue weighted by molar-refractivity contribution is 0.0904. The highest BCUT2D eigenvalue weighted by Gasteiger charge is 2.34. The summed E-state index contributed by atoms with van der Waals surface area (Å²) in [5.41, 5.74) is 0. The van der Waals surface area contributed by atoms with Gasteiger partial charge in [0.05, 0.1) is 10.9 Å². The molecule has 2 aliphatic heterocycles. The van der Waals surface area contributed by atoms with Crippen molar-refractivity contribution < 1.29 is 9.21 Å². The van der Waals surface area contributed by atoms with Gasteiger partial charge in [0, 0.05) is 25.7 Å². The number of carbonyl (C=O) groups is 1. The number of nitrogens with zero attached hydrogens (tertiary/aromatic N) is 4. The summed E-state index contributed by atoms with van der Waals surface area (Å²) in [5, 5.41) is 13.3. The number of rotatable bonds is 4. The van der Waals surface area contributed by atoms with Crippen LogP contribution in [0.5, 0.6) is 0 Å². The molecule has 0 aromatic carbocycles. The summed E-state index contributed by atoms with van der Waals surface area (Å²) in [4.78, 5) is 17.2. The fourth-order valence-electron chi connectivity index (χ4n) is 3.48. The summed E-state index contributed by atoms with van der Waals surface area (Å²) < 4.78 is 5.88. The normalized spacial score (nSPS) is 23.5. The third-order valence-electron chi connectivity index (χ3n) is 4.84. The number of aromatic nitrogens is 2. The molecule has 4 heterocycles. The molecular formula is C16H21N5O2S. The summed E-state index contributed by atoms with van der Waals surface area (Å²) in [6.07, 6.45) is 2.13. The van der Waals surface area contributed by atoms with Crippen LogP contribution in [0.15, 0.2) is 21.9 Å². The average molecular weight is 347 g/mol. The lowest BCUT2D eigenvalue weighted by Crippen LogP contribution is -2.49. The Morgan fingerprint density at radius 2 is 2.33 bits per heavy atom. The van der Waals surface area contributed by atoms with Crippen LogP contribution in [0.1, 0.15) is 31.7 Å². The van der Waals surface area contributed by atoms with E-state index in [2.05, 4.69) is 27.3 Å². The zero-order chi connectivity index (χ0) is 16.5. The van der Waals surface area contributed by atoms with E-state index in [0.717, 1.165) is 43.9 Å². The Morgan fingerprint density at radius 1 is 1.42 bits per heavy atom. The van der Waals surface area contributed by atoms with Crippen LogP contribution in [0.25, 0.3) is 10.8 Å². The van der Waals surface area contributed by atoms with Crippen molar-refractivity contribution in [2.45, 2.75) is 31.8 Å². The van der Waals surface area contributed by atoms with Gasteiger partial charge in [-0.3, -0.25) is 4.90 Å². The third-order valence-corrected chi connectivity index (χ3v) is 5.69. The smallest absolute Gasteiger partial charge is 0.317 e. The standard InChI is InChI=1S/C16H21N5O2S/c1-11(14-18-19-15(23-14)13-5-3-9-24-13)20-7-2-4-12(10-20)21-8-6-17-16(21)22/h3,5,9,11-12H,2,4,6-8,10H2,1H3,(H,17,22)/t11-,12-/m1/s1. The molecular weight excluding hydrogens is 326 g/mol. The number of hydrogen-bond acceptors (Lipinski definition) is 6. The van der Waals surface area contributed by atoms with Crippen molar-refractivity contribution in [1.29, 1.82) is 0 Å². The molecule has 8 heteroatoms. The number of nitrogens with one attached hydrogen (secondary N) is 1. The van der Waals surface area contributed by atoms with Gasteiger partial charge in [-0.15, -0.1) is 21.5 Å². The minimum Gasteiger partial charge on any atom is -0.418 e. The molecule has 2 aromatic rings. The molecule has 0 saturated carbocycles. The van der Waals surface area contributed by atoms with Gasteiger partial charge in [0.1, 0.15) is 0 Å². The van der Waals surface area contributed by atoms with Gasteiger partial charge in [-0.1, -0.05) is 6.07 Å². The lowest BCUT2D eigenvalue weighted by atomic mass is 10.0. The zero-order valence-corrected chi connectivity index (χ0v) is 14.5.